The van der Waals surface area contributed by atoms with Crippen molar-refractivity contribution in [1.82, 2.24) is 15.5 Å². The van der Waals surface area contributed by atoms with Crippen LogP contribution < -0.4 is 10.6 Å². The van der Waals surface area contributed by atoms with Gasteiger partial charge < -0.3 is 25.7 Å². The number of allylic oxidation sites excluding steroid dienone is 2. The molecule has 0 aromatic heterocycles. The summed E-state index contributed by atoms with van der Waals surface area (Å²) in [7, 11) is 0. The van der Waals surface area contributed by atoms with Gasteiger partial charge in [0.25, 0.3) is 5.91 Å². The number of halogens is 3. The van der Waals surface area contributed by atoms with E-state index in [2.05, 4.69) is 10.6 Å². The number of nitrogens with one attached hydrogen (secondary N) is 3. The second-order valence-electron chi connectivity index (χ2n) is 10.5. The Labute approximate surface area is 225 Å². The van der Waals surface area contributed by atoms with Gasteiger partial charge in [0, 0.05) is 42.6 Å². The van der Waals surface area contributed by atoms with Gasteiger partial charge in [-0.15, -0.1) is 0 Å². The van der Waals surface area contributed by atoms with Crippen LogP contribution in [-0.4, -0.2) is 41.8 Å². The number of carbonyl (C=O) groups is 2. The van der Waals surface area contributed by atoms with Gasteiger partial charge in [0.1, 0.15) is 11.4 Å². The maximum absolute atomic E-state index is 12.9. The maximum atomic E-state index is 12.9. The Hall–Kier alpha value is -4.08. The Bertz CT molecular complexity index is 1300. The van der Waals surface area contributed by atoms with Crippen molar-refractivity contribution >= 4 is 23.8 Å². The number of amides is 2. The minimum atomic E-state index is -4.40. The number of rotatable bonds is 4. The Morgan fingerprint density at radius 2 is 1.54 bits per heavy atom. The van der Waals surface area contributed by atoms with Crippen molar-refractivity contribution in [3.05, 3.63) is 77.3 Å². The lowest BCUT2D eigenvalue weighted by Gasteiger charge is -2.35. The van der Waals surface area contributed by atoms with E-state index in [1.807, 2.05) is 20.8 Å². The summed E-state index contributed by atoms with van der Waals surface area (Å²) in [5.41, 5.74) is 1.91. The van der Waals surface area contributed by atoms with Crippen LogP contribution in [-0.2, 0) is 15.7 Å². The molecule has 3 N–H and O–H groups in total. The third-order valence-electron chi connectivity index (χ3n) is 6.55. The van der Waals surface area contributed by atoms with E-state index in [1.165, 1.54) is 18.2 Å². The number of benzene rings is 2. The molecule has 7 nitrogen and oxygen atoms in total. The number of alkyl halides is 3. The molecule has 1 fully saturated rings. The molecule has 39 heavy (non-hydrogen) atoms. The molecule has 4 rings (SSSR count). The number of piperidine rings is 1. The van der Waals surface area contributed by atoms with Crippen LogP contribution in [0.5, 0.6) is 0 Å². The smallest absolute Gasteiger partial charge is 0.416 e. The zero-order valence-corrected chi connectivity index (χ0v) is 22.0. The van der Waals surface area contributed by atoms with Gasteiger partial charge in [0.2, 0.25) is 0 Å². The van der Waals surface area contributed by atoms with E-state index in [1.54, 1.807) is 29.2 Å². The summed E-state index contributed by atoms with van der Waals surface area (Å²) in [4.78, 5) is 26.6. The van der Waals surface area contributed by atoms with Crippen LogP contribution in [0.2, 0.25) is 0 Å². The molecule has 2 aliphatic rings. The van der Waals surface area contributed by atoms with Gasteiger partial charge in [-0.25, -0.2) is 4.79 Å². The molecule has 2 amide bonds. The second kappa shape index (κ2) is 11.0. The Morgan fingerprint density at radius 1 is 0.974 bits per heavy atom. The molecule has 0 atom stereocenters. The average Bonchev–Trinajstić information content (AvgIpc) is 2.88. The standard InChI is InChI=1S/C29H31F3N4O3/c1-28(2,3)39-27(38)36-14-12-21(13-15-36)24-16-25(37)35-26(34-24)23(17-33)20-6-4-18(5-7-20)19-8-10-22(11-9-19)29(30,31)32/h4-11,16-17,21,33-34H,12-15H2,1-3H3,(H,35,37)/b26-23-,33-17?. The van der Waals surface area contributed by atoms with Crippen LogP contribution in [0.4, 0.5) is 18.0 Å². The van der Waals surface area contributed by atoms with E-state index in [0.29, 0.717) is 48.5 Å². The third kappa shape index (κ3) is 6.87. The SMILES string of the molecule is CC(C)(C)OC(=O)N1CCC(C2=CC(=O)N/C(=C(/C=N)c3ccc(-c4ccc(C(F)(F)F)cc4)cc3)N2)CC1. The molecule has 2 aromatic carbocycles. The zero-order valence-electron chi connectivity index (χ0n) is 22.0. The van der Waals surface area contributed by atoms with Crippen molar-refractivity contribution in [3.8, 4) is 11.1 Å². The number of likely N-dealkylation sites (tertiary alicyclic amines) is 1. The predicted octanol–water partition coefficient (Wildman–Crippen LogP) is 5.94. The highest BCUT2D eigenvalue weighted by Gasteiger charge is 2.31. The first kappa shape index (κ1) is 27.9. The van der Waals surface area contributed by atoms with Gasteiger partial charge in [0.05, 0.1) is 5.56 Å². The molecule has 0 saturated carbocycles. The first-order valence-corrected chi connectivity index (χ1v) is 12.6. The fourth-order valence-electron chi connectivity index (χ4n) is 4.56. The highest BCUT2D eigenvalue weighted by atomic mass is 19.4. The number of nitrogens with zero attached hydrogens (tertiary/aromatic N) is 1. The lowest BCUT2D eigenvalue weighted by atomic mass is 9.92. The van der Waals surface area contributed by atoms with Gasteiger partial charge in [-0.05, 0) is 62.4 Å². The molecular formula is C29H31F3N4O3. The highest BCUT2D eigenvalue weighted by Crippen LogP contribution is 2.32. The molecule has 206 valence electrons. The van der Waals surface area contributed by atoms with Crippen molar-refractivity contribution < 1.29 is 27.5 Å². The van der Waals surface area contributed by atoms with Crippen LogP contribution in [0.25, 0.3) is 16.7 Å². The van der Waals surface area contributed by atoms with Crippen LogP contribution >= 0.6 is 0 Å². The first-order chi connectivity index (χ1) is 18.3. The van der Waals surface area contributed by atoms with E-state index in [0.717, 1.165) is 29.6 Å². The van der Waals surface area contributed by atoms with Crippen molar-refractivity contribution in [1.29, 1.82) is 5.41 Å². The monoisotopic (exact) mass is 540 g/mol. The molecule has 1 saturated heterocycles. The quantitative estimate of drug-likeness (QED) is 0.419. The third-order valence-corrected chi connectivity index (χ3v) is 6.55. The molecular weight excluding hydrogens is 509 g/mol. The minimum absolute atomic E-state index is 0.0266. The Morgan fingerprint density at radius 3 is 2.05 bits per heavy atom. The van der Waals surface area contributed by atoms with Crippen molar-refractivity contribution in [3.63, 3.8) is 0 Å². The summed E-state index contributed by atoms with van der Waals surface area (Å²) in [6.45, 7) is 6.47. The van der Waals surface area contributed by atoms with Crippen LogP contribution in [0.3, 0.4) is 0 Å². The molecule has 2 aliphatic heterocycles. The normalized spacial score (nSPS) is 18.1. The van der Waals surface area contributed by atoms with Gasteiger partial charge in [-0.3, -0.25) is 4.79 Å². The predicted molar refractivity (Wildman–Crippen MR) is 142 cm³/mol. The fourth-order valence-corrected chi connectivity index (χ4v) is 4.56. The average molecular weight is 541 g/mol. The van der Waals surface area contributed by atoms with Gasteiger partial charge in [-0.1, -0.05) is 36.4 Å². The number of carbonyl (C=O) groups excluding carboxylic acids is 2. The number of hydrogen-bond donors (Lipinski definition) is 3. The molecule has 0 bridgehead atoms. The highest BCUT2D eigenvalue weighted by molar-refractivity contribution is 6.11. The van der Waals surface area contributed by atoms with E-state index in [9.17, 15) is 22.8 Å². The summed E-state index contributed by atoms with van der Waals surface area (Å²) in [5.74, 6) is 0.0946. The second-order valence-corrected chi connectivity index (χ2v) is 10.5. The van der Waals surface area contributed by atoms with E-state index in [-0.39, 0.29) is 17.9 Å². The number of ether oxygens (including phenoxy) is 1. The summed E-state index contributed by atoms with van der Waals surface area (Å²) in [6, 6.07) is 12.0. The lowest BCUT2D eigenvalue weighted by molar-refractivity contribution is -0.137. The van der Waals surface area contributed by atoms with E-state index >= 15 is 0 Å². The summed E-state index contributed by atoms with van der Waals surface area (Å²) in [6.07, 6.45) is -0.791. The Kier molecular flexibility index (Phi) is 7.85. The topological polar surface area (TPSA) is 94.5 Å². The largest absolute Gasteiger partial charge is 0.444 e. The lowest BCUT2D eigenvalue weighted by Crippen LogP contribution is -2.44. The van der Waals surface area contributed by atoms with Crippen LogP contribution in [0, 0.1) is 11.3 Å². The molecule has 0 aliphatic carbocycles. The fraction of sp³-hybridized carbons (Fsp3) is 0.345. The number of hydrogen-bond acceptors (Lipinski definition) is 5. The van der Waals surface area contributed by atoms with Crippen molar-refractivity contribution in [2.75, 3.05) is 13.1 Å². The van der Waals surface area contributed by atoms with Crippen molar-refractivity contribution in [2.24, 2.45) is 5.92 Å². The van der Waals surface area contributed by atoms with Crippen LogP contribution in [0.15, 0.2) is 66.1 Å². The Balaban J connectivity index is 1.47. The maximum Gasteiger partial charge on any atom is 0.416 e. The summed E-state index contributed by atoms with van der Waals surface area (Å²) in [5, 5.41) is 14.0. The molecule has 0 unspecified atom stereocenters. The summed E-state index contributed by atoms with van der Waals surface area (Å²) < 4.78 is 44.1. The molecule has 2 heterocycles. The summed E-state index contributed by atoms with van der Waals surface area (Å²) >= 11 is 0. The zero-order chi connectivity index (χ0) is 28.4. The first-order valence-electron chi connectivity index (χ1n) is 12.6. The van der Waals surface area contributed by atoms with Gasteiger partial charge >= 0.3 is 12.3 Å². The van der Waals surface area contributed by atoms with Gasteiger partial charge in [-0.2, -0.15) is 13.2 Å². The van der Waals surface area contributed by atoms with Crippen LogP contribution in [0.1, 0.15) is 44.7 Å². The molecule has 0 spiro atoms. The molecule has 10 heteroatoms. The van der Waals surface area contributed by atoms with E-state index < -0.39 is 17.3 Å². The minimum Gasteiger partial charge on any atom is -0.444 e. The van der Waals surface area contributed by atoms with E-state index in [4.69, 9.17) is 10.1 Å². The molecule has 2 aromatic rings. The van der Waals surface area contributed by atoms with Crippen molar-refractivity contribution in [2.45, 2.75) is 45.4 Å². The molecule has 0 radical (unpaired) electrons. The van der Waals surface area contributed by atoms with Gasteiger partial charge in [0.15, 0.2) is 0 Å².